The number of amides is 2. The monoisotopic (exact) mass is 528 g/mol. The zero-order chi connectivity index (χ0) is 23.5. The molecule has 1 aliphatic rings. The van der Waals surface area contributed by atoms with Crippen molar-refractivity contribution in [1.82, 2.24) is 5.32 Å². The fourth-order valence-electron chi connectivity index (χ4n) is 2.74. The molecule has 168 valence electrons. The summed E-state index contributed by atoms with van der Waals surface area (Å²) >= 11 is 24.4. The number of hydrogen-bond donors (Lipinski definition) is 1. The van der Waals surface area contributed by atoms with Crippen LogP contribution in [0.5, 0.6) is 5.75 Å². The highest BCUT2D eigenvalue weighted by atomic mass is 35.6. The van der Waals surface area contributed by atoms with Gasteiger partial charge in [0.2, 0.25) is 15.9 Å². The van der Waals surface area contributed by atoms with E-state index >= 15 is 0 Å². The molecule has 1 fully saturated rings. The lowest BCUT2D eigenvalue weighted by Gasteiger charge is -2.26. The van der Waals surface area contributed by atoms with Crippen molar-refractivity contribution in [2.45, 2.75) is 30.3 Å². The molecule has 0 aliphatic carbocycles. The molecule has 1 aliphatic heterocycles. The van der Waals surface area contributed by atoms with E-state index in [2.05, 4.69) is 5.32 Å². The molecule has 5 nitrogen and oxygen atoms in total. The predicted octanol–water partition coefficient (Wildman–Crippen LogP) is 6.00. The lowest BCUT2D eigenvalue weighted by atomic mass is 10.2. The topological polar surface area (TPSA) is 58.6 Å². The van der Waals surface area contributed by atoms with Gasteiger partial charge in [-0.3, -0.25) is 14.5 Å². The number of hydrogen-bond acceptors (Lipinski definition) is 5. The van der Waals surface area contributed by atoms with Gasteiger partial charge in [-0.1, -0.05) is 95.5 Å². The third-order valence-corrected chi connectivity index (χ3v) is 6.32. The number of ether oxygens (including phenoxy) is 1. The molecule has 1 saturated heterocycles. The van der Waals surface area contributed by atoms with Gasteiger partial charge in [-0.15, -0.1) is 0 Å². The summed E-state index contributed by atoms with van der Waals surface area (Å²) in [6.45, 7) is 3.66. The molecule has 0 aromatic heterocycles. The van der Waals surface area contributed by atoms with Crippen LogP contribution in [0, 0.1) is 6.92 Å². The predicted molar refractivity (Wildman–Crippen MR) is 136 cm³/mol. The van der Waals surface area contributed by atoms with E-state index in [9.17, 15) is 9.59 Å². The van der Waals surface area contributed by atoms with Crippen LogP contribution in [0.2, 0.25) is 0 Å². The molecule has 1 N–H and O–H groups in total. The summed E-state index contributed by atoms with van der Waals surface area (Å²) in [7, 11) is 0. The second-order valence-corrected chi connectivity index (χ2v) is 10.9. The second-order valence-electron chi connectivity index (χ2n) is 6.88. The van der Waals surface area contributed by atoms with Crippen molar-refractivity contribution in [3.05, 3.63) is 64.6 Å². The third kappa shape index (κ3) is 6.17. The minimum Gasteiger partial charge on any atom is -0.466 e. The van der Waals surface area contributed by atoms with Gasteiger partial charge in [0.1, 0.15) is 5.75 Å². The first-order valence-electron chi connectivity index (χ1n) is 9.56. The Labute approximate surface area is 211 Å². The molecular formula is C22H19Cl3N2O3S2. The Bertz CT molecular complexity index is 1050. The average molecular weight is 530 g/mol. The molecule has 2 amide bonds. The van der Waals surface area contributed by atoms with Crippen LogP contribution in [0.4, 0.5) is 5.69 Å². The van der Waals surface area contributed by atoms with Crippen LogP contribution >= 0.6 is 58.8 Å². The summed E-state index contributed by atoms with van der Waals surface area (Å²) in [6.07, 6.45) is 0.819. The van der Waals surface area contributed by atoms with Gasteiger partial charge in [-0.25, -0.2) is 0 Å². The smallest absolute Gasteiger partial charge is 0.270 e. The van der Waals surface area contributed by atoms with Crippen molar-refractivity contribution in [2.75, 3.05) is 4.90 Å². The molecular weight excluding hydrogens is 511 g/mol. The number of carbonyl (C=O) groups is 2. The van der Waals surface area contributed by atoms with Gasteiger partial charge >= 0.3 is 0 Å². The molecule has 0 spiro atoms. The highest BCUT2D eigenvalue weighted by molar-refractivity contribution is 8.27. The first-order valence-corrected chi connectivity index (χ1v) is 11.9. The maximum atomic E-state index is 12.9. The standard InChI is InChI=1S/C22H19Cl3N2O3S2/c1-3-18(28)26-20(22(23,24)25)30-16-10-6-14(7-11-16)12-17-19(29)27(21(31)32-17)15-8-4-13(2)5-9-15/h4-12,20H,3H2,1-2H3,(H,26,28)/b17-12-/t20-/m0/s1. The Balaban J connectivity index is 1.74. The molecule has 0 saturated carbocycles. The van der Waals surface area contributed by atoms with Crippen molar-refractivity contribution in [1.29, 1.82) is 0 Å². The molecule has 0 unspecified atom stereocenters. The number of anilines is 1. The number of benzene rings is 2. The number of alkyl halides is 3. The van der Waals surface area contributed by atoms with Crippen molar-refractivity contribution >= 4 is 86.7 Å². The zero-order valence-corrected chi connectivity index (χ0v) is 21.0. The van der Waals surface area contributed by atoms with E-state index in [1.165, 1.54) is 16.7 Å². The van der Waals surface area contributed by atoms with E-state index in [1.807, 2.05) is 31.2 Å². The Kier molecular flexibility index (Phi) is 8.11. The van der Waals surface area contributed by atoms with Gasteiger partial charge in [-0.05, 0) is 42.8 Å². The van der Waals surface area contributed by atoms with E-state index in [0.29, 0.717) is 15.0 Å². The SMILES string of the molecule is CCC(=O)N[C@@H](Oc1ccc(/C=C2\SC(=S)N(c3ccc(C)cc3)C2=O)cc1)C(Cl)(Cl)Cl. The summed E-state index contributed by atoms with van der Waals surface area (Å²) < 4.78 is 4.27. The van der Waals surface area contributed by atoms with Gasteiger partial charge in [-0.2, -0.15) is 0 Å². The first-order chi connectivity index (χ1) is 15.1. The number of aryl methyl sites for hydroxylation is 1. The number of thioether (sulfide) groups is 1. The number of carbonyl (C=O) groups excluding carboxylic acids is 2. The molecule has 0 radical (unpaired) electrons. The van der Waals surface area contributed by atoms with Crippen LogP contribution in [0.3, 0.4) is 0 Å². The minimum atomic E-state index is -1.85. The van der Waals surface area contributed by atoms with Crippen LogP contribution < -0.4 is 15.0 Å². The molecule has 32 heavy (non-hydrogen) atoms. The second kappa shape index (κ2) is 10.4. The molecule has 2 aromatic rings. The van der Waals surface area contributed by atoms with Crippen LogP contribution in [-0.4, -0.2) is 26.2 Å². The van der Waals surface area contributed by atoms with E-state index in [1.54, 1.807) is 37.3 Å². The summed E-state index contributed by atoms with van der Waals surface area (Å²) in [4.78, 5) is 26.6. The number of halogens is 3. The summed E-state index contributed by atoms with van der Waals surface area (Å²) in [5, 5.41) is 2.53. The number of nitrogens with one attached hydrogen (secondary N) is 1. The van der Waals surface area contributed by atoms with Gasteiger partial charge in [0.15, 0.2) is 4.32 Å². The van der Waals surface area contributed by atoms with E-state index in [4.69, 9.17) is 51.8 Å². The van der Waals surface area contributed by atoms with Gasteiger partial charge in [0.25, 0.3) is 5.91 Å². The lowest BCUT2D eigenvalue weighted by molar-refractivity contribution is -0.123. The zero-order valence-electron chi connectivity index (χ0n) is 17.1. The molecule has 3 rings (SSSR count). The Morgan fingerprint density at radius 3 is 2.38 bits per heavy atom. The van der Waals surface area contributed by atoms with E-state index < -0.39 is 10.0 Å². The minimum absolute atomic E-state index is 0.178. The largest absolute Gasteiger partial charge is 0.466 e. The summed E-state index contributed by atoms with van der Waals surface area (Å²) in [6, 6.07) is 14.4. The summed E-state index contributed by atoms with van der Waals surface area (Å²) in [5.41, 5.74) is 2.60. The number of nitrogens with zero attached hydrogens (tertiary/aromatic N) is 1. The average Bonchev–Trinajstić information content (AvgIpc) is 3.01. The maximum absolute atomic E-state index is 12.9. The highest BCUT2D eigenvalue weighted by Gasteiger charge is 2.36. The number of rotatable bonds is 6. The highest BCUT2D eigenvalue weighted by Crippen LogP contribution is 2.36. The van der Waals surface area contributed by atoms with Crippen molar-refractivity contribution < 1.29 is 14.3 Å². The lowest BCUT2D eigenvalue weighted by Crippen LogP contribution is -2.47. The normalized spacial score (nSPS) is 16.4. The van der Waals surface area contributed by atoms with E-state index in [0.717, 1.165) is 16.8 Å². The van der Waals surface area contributed by atoms with Crippen molar-refractivity contribution in [2.24, 2.45) is 0 Å². The number of thiocarbonyl (C=S) groups is 1. The molecule has 1 heterocycles. The molecule has 2 aromatic carbocycles. The molecule has 1 atom stereocenters. The third-order valence-electron chi connectivity index (χ3n) is 4.43. The fraction of sp³-hybridized carbons (Fsp3) is 0.227. The van der Waals surface area contributed by atoms with Crippen LogP contribution in [0.1, 0.15) is 24.5 Å². The van der Waals surface area contributed by atoms with Crippen molar-refractivity contribution in [3.63, 3.8) is 0 Å². The molecule has 0 bridgehead atoms. The van der Waals surface area contributed by atoms with Crippen molar-refractivity contribution in [3.8, 4) is 5.75 Å². The van der Waals surface area contributed by atoms with E-state index in [-0.39, 0.29) is 18.2 Å². The fourth-order valence-corrected chi connectivity index (χ4v) is 4.34. The van der Waals surface area contributed by atoms with Gasteiger partial charge < -0.3 is 10.1 Å². The van der Waals surface area contributed by atoms with Crippen LogP contribution in [0.25, 0.3) is 6.08 Å². The summed E-state index contributed by atoms with van der Waals surface area (Å²) in [5.74, 6) is -0.0987. The Morgan fingerprint density at radius 2 is 1.81 bits per heavy atom. The van der Waals surface area contributed by atoms with Gasteiger partial charge in [0, 0.05) is 6.42 Å². The quantitative estimate of drug-likeness (QED) is 0.215. The Morgan fingerprint density at radius 1 is 1.19 bits per heavy atom. The Hall–Kier alpha value is -1.77. The first kappa shape index (κ1) is 24.9. The van der Waals surface area contributed by atoms with Crippen LogP contribution in [0.15, 0.2) is 53.4 Å². The molecule has 10 heteroatoms. The van der Waals surface area contributed by atoms with Crippen LogP contribution in [-0.2, 0) is 9.59 Å². The van der Waals surface area contributed by atoms with Gasteiger partial charge in [0.05, 0.1) is 10.6 Å². The maximum Gasteiger partial charge on any atom is 0.270 e.